The summed E-state index contributed by atoms with van der Waals surface area (Å²) in [5.74, 6) is 0.518. The van der Waals surface area contributed by atoms with Crippen LogP contribution in [-0.4, -0.2) is 23.7 Å². The van der Waals surface area contributed by atoms with Gasteiger partial charge in [-0.25, -0.2) is 9.78 Å². The van der Waals surface area contributed by atoms with Crippen molar-refractivity contribution in [3.05, 3.63) is 17.8 Å². The Balaban J connectivity index is 2.12. The number of esters is 1. The van der Waals surface area contributed by atoms with Gasteiger partial charge in [0.2, 0.25) is 5.88 Å². The van der Waals surface area contributed by atoms with Crippen LogP contribution in [0, 0.1) is 5.92 Å². The molecule has 2 N–H and O–H groups in total. The molecule has 1 aliphatic carbocycles. The molecule has 1 heterocycles. The van der Waals surface area contributed by atoms with Gasteiger partial charge in [-0.05, 0) is 32.1 Å². The lowest BCUT2D eigenvalue weighted by molar-refractivity contribution is 0.0525. The molecule has 110 valence electrons. The molecule has 5 nitrogen and oxygen atoms in total. The fraction of sp³-hybridized carbons (Fsp3) is 0.600. The van der Waals surface area contributed by atoms with Gasteiger partial charge >= 0.3 is 5.97 Å². The molecule has 20 heavy (non-hydrogen) atoms. The van der Waals surface area contributed by atoms with E-state index in [4.69, 9.17) is 15.2 Å². The first-order valence-electron chi connectivity index (χ1n) is 7.21. The second kappa shape index (κ2) is 6.59. The van der Waals surface area contributed by atoms with Gasteiger partial charge in [0.1, 0.15) is 6.10 Å². The van der Waals surface area contributed by atoms with Crippen LogP contribution in [0.15, 0.2) is 12.3 Å². The maximum absolute atomic E-state index is 11.8. The molecule has 1 saturated carbocycles. The lowest BCUT2D eigenvalue weighted by Gasteiger charge is -2.28. The topological polar surface area (TPSA) is 74.4 Å². The molecular weight excluding hydrogens is 256 g/mol. The van der Waals surface area contributed by atoms with Crippen LogP contribution in [0.4, 0.5) is 5.69 Å². The quantitative estimate of drug-likeness (QED) is 0.857. The van der Waals surface area contributed by atoms with Crippen molar-refractivity contribution in [1.82, 2.24) is 4.98 Å². The highest BCUT2D eigenvalue weighted by Gasteiger charge is 2.24. The minimum Gasteiger partial charge on any atom is -0.474 e. The summed E-state index contributed by atoms with van der Waals surface area (Å²) in [5.41, 5.74) is 6.39. The number of nitrogen functional groups attached to an aromatic ring is 1. The van der Waals surface area contributed by atoms with Crippen LogP contribution in [0.2, 0.25) is 0 Å². The van der Waals surface area contributed by atoms with Crippen molar-refractivity contribution in [3.8, 4) is 5.88 Å². The Bertz CT molecular complexity index is 476. The standard InChI is InChI=1S/C15H22N2O3/c1-3-19-15(18)11-8-14(17-9-12(11)16)20-13-7-5-4-6-10(13)2/h8-10,13H,3-7,16H2,1-2H3. The molecular formula is C15H22N2O3. The molecule has 0 spiro atoms. The van der Waals surface area contributed by atoms with Crippen molar-refractivity contribution >= 4 is 11.7 Å². The van der Waals surface area contributed by atoms with E-state index in [0.717, 1.165) is 6.42 Å². The fourth-order valence-electron chi connectivity index (χ4n) is 2.51. The van der Waals surface area contributed by atoms with E-state index >= 15 is 0 Å². The highest BCUT2D eigenvalue weighted by Crippen LogP contribution is 2.28. The second-order valence-corrected chi connectivity index (χ2v) is 5.25. The number of hydrogen-bond donors (Lipinski definition) is 1. The van der Waals surface area contributed by atoms with Gasteiger partial charge in [0.05, 0.1) is 24.1 Å². The number of carbonyl (C=O) groups is 1. The van der Waals surface area contributed by atoms with Crippen molar-refractivity contribution < 1.29 is 14.3 Å². The molecule has 5 heteroatoms. The maximum Gasteiger partial charge on any atom is 0.340 e. The normalized spacial score (nSPS) is 22.3. The molecule has 0 aromatic carbocycles. The Hall–Kier alpha value is -1.78. The summed E-state index contributed by atoms with van der Waals surface area (Å²) < 4.78 is 10.9. The van der Waals surface area contributed by atoms with Gasteiger partial charge in [0.15, 0.2) is 0 Å². The zero-order chi connectivity index (χ0) is 14.5. The van der Waals surface area contributed by atoms with E-state index in [1.54, 1.807) is 13.0 Å². The van der Waals surface area contributed by atoms with Crippen LogP contribution in [0.5, 0.6) is 5.88 Å². The van der Waals surface area contributed by atoms with Crippen LogP contribution < -0.4 is 10.5 Å². The van der Waals surface area contributed by atoms with Crippen molar-refractivity contribution in [3.63, 3.8) is 0 Å². The van der Waals surface area contributed by atoms with Crippen molar-refractivity contribution in [2.24, 2.45) is 5.92 Å². The van der Waals surface area contributed by atoms with Gasteiger partial charge in [0, 0.05) is 6.07 Å². The summed E-state index contributed by atoms with van der Waals surface area (Å²) in [6, 6.07) is 1.58. The van der Waals surface area contributed by atoms with Crippen molar-refractivity contribution in [2.75, 3.05) is 12.3 Å². The van der Waals surface area contributed by atoms with E-state index in [0.29, 0.717) is 29.7 Å². The Kier molecular flexibility index (Phi) is 4.82. The average molecular weight is 278 g/mol. The molecule has 2 unspecified atom stereocenters. The Morgan fingerprint density at radius 3 is 2.90 bits per heavy atom. The number of ether oxygens (including phenoxy) is 2. The second-order valence-electron chi connectivity index (χ2n) is 5.25. The smallest absolute Gasteiger partial charge is 0.340 e. The number of anilines is 1. The first-order chi connectivity index (χ1) is 9.61. The molecule has 1 aliphatic rings. The molecule has 1 fully saturated rings. The Morgan fingerprint density at radius 1 is 1.45 bits per heavy atom. The first kappa shape index (κ1) is 14.6. The van der Waals surface area contributed by atoms with Gasteiger partial charge in [-0.15, -0.1) is 0 Å². The number of hydrogen-bond acceptors (Lipinski definition) is 5. The lowest BCUT2D eigenvalue weighted by atomic mass is 9.88. The van der Waals surface area contributed by atoms with E-state index in [-0.39, 0.29) is 6.10 Å². The Labute approximate surface area is 119 Å². The zero-order valence-corrected chi connectivity index (χ0v) is 12.1. The molecule has 0 saturated heterocycles. The third-order valence-corrected chi connectivity index (χ3v) is 3.71. The lowest BCUT2D eigenvalue weighted by Crippen LogP contribution is -2.28. The maximum atomic E-state index is 11.8. The third kappa shape index (κ3) is 3.40. The third-order valence-electron chi connectivity index (χ3n) is 3.71. The summed E-state index contributed by atoms with van der Waals surface area (Å²) in [4.78, 5) is 15.9. The fourth-order valence-corrected chi connectivity index (χ4v) is 2.51. The van der Waals surface area contributed by atoms with E-state index in [1.165, 1.54) is 25.5 Å². The minimum absolute atomic E-state index is 0.162. The summed E-state index contributed by atoms with van der Waals surface area (Å²) in [5, 5.41) is 0. The number of nitrogens with two attached hydrogens (primary N) is 1. The van der Waals surface area contributed by atoms with Crippen LogP contribution in [-0.2, 0) is 4.74 Å². The van der Waals surface area contributed by atoms with Gasteiger partial charge in [-0.3, -0.25) is 0 Å². The van der Waals surface area contributed by atoms with Gasteiger partial charge in [-0.1, -0.05) is 13.3 Å². The predicted molar refractivity (Wildman–Crippen MR) is 76.7 cm³/mol. The van der Waals surface area contributed by atoms with Crippen LogP contribution in [0.1, 0.15) is 49.9 Å². The first-order valence-corrected chi connectivity index (χ1v) is 7.21. The number of rotatable bonds is 4. The molecule has 2 atom stereocenters. The van der Waals surface area contributed by atoms with Crippen molar-refractivity contribution in [1.29, 1.82) is 0 Å². The molecule has 2 rings (SSSR count). The van der Waals surface area contributed by atoms with Crippen molar-refractivity contribution in [2.45, 2.75) is 45.6 Å². The molecule has 0 radical (unpaired) electrons. The van der Waals surface area contributed by atoms with Gasteiger partial charge in [-0.2, -0.15) is 0 Å². The number of aromatic nitrogens is 1. The van der Waals surface area contributed by atoms with Crippen LogP contribution >= 0.6 is 0 Å². The Morgan fingerprint density at radius 2 is 2.20 bits per heavy atom. The zero-order valence-electron chi connectivity index (χ0n) is 12.1. The summed E-state index contributed by atoms with van der Waals surface area (Å²) in [7, 11) is 0. The van der Waals surface area contributed by atoms with E-state index in [9.17, 15) is 4.79 Å². The highest BCUT2D eigenvalue weighted by atomic mass is 16.5. The number of pyridine rings is 1. The summed E-state index contributed by atoms with van der Waals surface area (Å²) >= 11 is 0. The molecule has 0 aliphatic heterocycles. The highest BCUT2D eigenvalue weighted by molar-refractivity contribution is 5.95. The SMILES string of the molecule is CCOC(=O)c1cc(OC2CCCCC2C)ncc1N. The van der Waals surface area contributed by atoms with Gasteiger partial charge in [0.25, 0.3) is 0 Å². The average Bonchev–Trinajstić information content (AvgIpc) is 2.43. The minimum atomic E-state index is -0.436. The molecule has 1 aromatic heterocycles. The largest absolute Gasteiger partial charge is 0.474 e. The molecule has 1 aromatic rings. The van der Waals surface area contributed by atoms with Gasteiger partial charge < -0.3 is 15.2 Å². The molecule has 0 amide bonds. The van der Waals surface area contributed by atoms with E-state index < -0.39 is 5.97 Å². The molecule has 0 bridgehead atoms. The number of carbonyl (C=O) groups excluding carboxylic acids is 1. The summed E-state index contributed by atoms with van der Waals surface area (Å²) in [6.07, 6.45) is 6.25. The number of nitrogens with zero attached hydrogens (tertiary/aromatic N) is 1. The van der Waals surface area contributed by atoms with E-state index in [1.807, 2.05) is 0 Å². The van der Waals surface area contributed by atoms with Crippen LogP contribution in [0.3, 0.4) is 0 Å². The summed E-state index contributed by atoms with van der Waals surface area (Å²) in [6.45, 7) is 4.26. The van der Waals surface area contributed by atoms with E-state index in [2.05, 4.69) is 11.9 Å². The van der Waals surface area contributed by atoms with Crippen LogP contribution in [0.25, 0.3) is 0 Å². The monoisotopic (exact) mass is 278 g/mol. The predicted octanol–water partition coefficient (Wildman–Crippen LogP) is 2.80.